The maximum Gasteiger partial charge on any atom is -0.00641 e. The second kappa shape index (κ2) is 4.29. The lowest BCUT2D eigenvalue weighted by atomic mass is 9.83. The van der Waals surface area contributed by atoms with E-state index in [1.54, 1.807) is 0 Å². The average Bonchev–Trinajstić information content (AvgIpc) is 2.28. The summed E-state index contributed by atoms with van der Waals surface area (Å²) in [7, 11) is 0. The number of hydrogen-bond acceptors (Lipinski definition) is 0. The quantitative estimate of drug-likeness (QED) is 0.695. The van der Waals surface area contributed by atoms with Crippen molar-refractivity contribution in [3.05, 3.63) is 48.0 Å². The maximum atomic E-state index is 3.52. The van der Waals surface area contributed by atoms with E-state index in [-0.39, 0.29) is 0 Å². The summed E-state index contributed by atoms with van der Waals surface area (Å²) in [6.07, 6.45) is 2.31. The zero-order valence-electron chi connectivity index (χ0n) is 10.4. The molecule has 1 radical (unpaired) electrons. The Kier molecular flexibility index (Phi) is 3.00. The Hall–Kier alpha value is -1.30. The fourth-order valence-corrected chi connectivity index (χ4v) is 1.90. The third kappa shape index (κ3) is 2.44. The Morgan fingerprint density at radius 1 is 1.06 bits per heavy atom. The van der Waals surface area contributed by atoms with Gasteiger partial charge in [-0.1, -0.05) is 63.6 Å². The Balaban J connectivity index is 2.33. The lowest BCUT2D eigenvalue weighted by Gasteiger charge is -2.22. The van der Waals surface area contributed by atoms with Crippen LogP contribution in [0.25, 0.3) is 10.8 Å². The molecule has 0 fully saturated rings. The summed E-state index contributed by atoms with van der Waals surface area (Å²) in [5.41, 5.74) is 1.70. The molecular weight excluding hydrogens is 192 g/mol. The first-order chi connectivity index (χ1) is 7.61. The van der Waals surface area contributed by atoms with E-state index in [1.807, 2.05) is 0 Å². The highest BCUT2D eigenvalue weighted by molar-refractivity contribution is 5.82. The molecule has 0 aromatic heterocycles. The van der Waals surface area contributed by atoms with Gasteiger partial charge >= 0.3 is 0 Å². The molecule has 0 aliphatic rings. The van der Waals surface area contributed by atoms with Crippen molar-refractivity contribution in [2.75, 3.05) is 0 Å². The van der Waals surface area contributed by atoms with E-state index in [9.17, 15) is 0 Å². The van der Waals surface area contributed by atoms with Gasteiger partial charge in [0.25, 0.3) is 0 Å². The molecule has 0 atom stereocenters. The van der Waals surface area contributed by atoms with Gasteiger partial charge in [-0.15, -0.1) is 0 Å². The smallest absolute Gasteiger partial charge is 0.00641 e. The van der Waals surface area contributed by atoms with Gasteiger partial charge in [0.2, 0.25) is 0 Å². The first-order valence-corrected chi connectivity index (χ1v) is 6.01. The molecule has 0 bridgehead atoms. The molecule has 2 aromatic carbocycles. The molecule has 0 unspecified atom stereocenters. The van der Waals surface area contributed by atoms with Crippen LogP contribution in [0, 0.1) is 11.5 Å². The van der Waals surface area contributed by atoms with Crippen LogP contribution in [0.4, 0.5) is 0 Å². The van der Waals surface area contributed by atoms with Crippen molar-refractivity contribution in [2.45, 2.75) is 33.6 Å². The molecule has 0 N–H and O–H groups in total. The van der Waals surface area contributed by atoms with Gasteiger partial charge in [-0.3, -0.25) is 0 Å². The van der Waals surface area contributed by atoms with Gasteiger partial charge in [0.15, 0.2) is 0 Å². The standard InChI is InChI=1S/C16H19/c1-4-16(2,3)12-13-9-10-14-7-5-6-8-15(14)11-13/h5-10H,4,12H2,1-3H3. The van der Waals surface area contributed by atoms with Gasteiger partial charge in [-0.25, -0.2) is 0 Å². The Morgan fingerprint density at radius 2 is 1.81 bits per heavy atom. The summed E-state index contributed by atoms with van der Waals surface area (Å²) in [6.45, 7) is 6.88. The largest absolute Gasteiger partial charge is 0.0649 e. The minimum Gasteiger partial charge on any atom is -0.0649 e. The van der Waals surface area contributed by atoms with Crippen molar-refractivity contribution in [3.63, 3.8) is 0 Å². The van der Waals surface area contributed by atoms with Crippen molar-refractivity contribution in [2.24, 2.45) is 5.41 Å². The summed E-state index contributed by atoms with van der Waals surface area (Å²) < 4.78 is 0. The summed E-state index contributed by atoms with van der Waals surface area (Å²) >= 11 is 0. The lowest BCUT2D eigenvalue weighted by Crippen LogP contribution is -2.13. The van der Waals surface area contributed by atoms with Crippen molar-refractivity contribution in [1.29, 1.82) is 0 Å². The van der Waals surface area contributed by atoms with Crippen LogP contribution in [0.1, 0.15) is 32.8 Å². The lowest BCUT2D eigenvalue weighted by molar-refractivity contribution is 0.349. The van der Waals surface area contributed by atoms with Crippen LogP contribution < -0.4 is 0 Å². The summed E-state index contributed by atoms with van der Waals surface area (Å²) in [5.74, 6) is 0. The van der Waals surface area contributed by atoms with Crippen molar-refractivity contribution < 1.29 is 0 Å². The first kappa shape index (κ1) is 11.2. The normalized spacial score (nSPS) is 11.9. The average molecular weight is 211 g/mol. The SMILES string of the molecule is CCC(C)(C)Cc1[c]c2ccccc2cc1. The van der Waals surface area contributed by atoms with E-state index in [2.05, 4.69) is 63.2 Å². The second-order valence-corrected chi connectivity index (χ2v) is 5.27. The van der Waals surface area contributed by atoms with Gasteiger partial charge in [-0.2, -0.15) is 0 Å². The van der Waals surface area contributed by atoms with Gasteiger partial charge in [0, 0.05) is 0 Å². The zero-order valence-corrected chi connectivity index (χ0v) is 10.4. The monoisotopic (exact) mass is 211 g/mol. The van der Waals surface area contributed by atoms with E-state index < -0.39 is 0 Å². The number of rotatable bonds is 3. The first-order valence-electron chi connectivity index (χ1n) is 6.01. The molecule has 0 aliphatic carbocycles. The van der Waals surface area contributed by atoms with Gasteiger partial charge < -0.3 is 0 Å². The van der Waals surface area contributed by atoms with Gasteiger partial charge in [0.1, 0.15) is 0 Å². The Morgan fingerprint density at radius 3 is 2.56 bits per heavy atom. The molecule has 0 aliphatic heterocycles. The molecule has 0 amide bonds. The van der Waals surface area contributed by atoms with E-state index >= 15 is 0 Å². The summed E-state index contributed by atoms with van der Waals surface area (Å²) in [5, 5.41) is 2.51. The van der Waals surface area contributed by atoms with Crippen molar-refractivity contribution in [1.82, 2.24) is 0 Å². The van der Waals surface area contributed by atoms with E-state index in [1.165, 1.54) is 22.8 Å². The van der Waals surface area contributed by atoms with Crippen LogP contribution >= 0.6 is 0 Å². The highest BCUT2D eigenvalue weighted by Gasteiger charge is 2.15. The van der Waals surface area contributed by atoms with Crippen molar-refractivity contribution in [3.8, 4) is 0 Å². The molecule has 0 nitrogen and oxygen atoms in total. The van der Waals surface area contributed by atoms with Crippen LogP contribution in [0.15, 0.2) is 36.4 Å². The van der Waals surface area contributed by atoms with Crippen molar-refractivity contribution >= 4 is 10.8 Å². The van der Waals surface area contributed by atoms with Gasteiger partial charge in [-0.05, 0) is 34.2 Å². The Labute approximate surface area is 98.3 Å². The Bertz CT molecular complexity index is 480. The number of hydrogen-bond donors (Lipinski definition) is 0. The van der Waals surface area contributed by atoms with E-state index in [4.69, 9.17) is 0 Å². The molecule has 0 heteroatoms. The third-order valence-electron chi connectivity index (χ3n) is 3.35. The molecule has 2 rings (SSSR count). The van der Waals surface area contributed by atoms with Crippen LogP contribution in [-0.4, -0.2) is 0 Å². The second-order valence-electron chi connectivity index (χ2n) is 5.27. The fraction of sp³-hybridized carbons (Fsp3) is 0.375. The summed E-state index contributed by atoms with van der Waals surface area (Å²) in [6, 6.07) is 16.4. The molecule has 2 aromatic rings. The minimum absolute atomic E-state index is 0.374. The minimum atomic E-state index is 0.374. The third-order valence-corrected chi connectivity index (χ3v) is 3.35. The molecular formula is C16H19. The zero-order chi connectivity index (χ0) is 11.6. The van der Waals surface area contributed by atoms with E-state index in [0.717, 1.165) is 6.42 Å². The number of fused-ring (bicyclic) bond motifs is 1. The topological polar surface area (TPSA) is 0 Å². The number of benzene rings is 2. The summed E-state index contributed by atoms with van der Waals surface area (Å²) in [4.78, 5) is 0. The molecule has 0 saturated carbocycles. The predicted octanol–water partition coefficient (Wildman–Crippen LogP) is 4.62. The highest BCUT2D eigenvalue weighted by Crippen LogP contribution is 2.26. The van der Waals surface area contributed by atoms with Crippen LogP contribution in [-0.2, 0) is 6.42 Å². The van der Waals surface area contributed by atoms with Crippen LogP contribution in [0.3, 0.4) is 0 Å². The van der Waals surface area contributed by atoms with Crippen LogP contribution in [0.2, 0.25) is 0 Å². The molecule has 83 valence electrons. The highest BCUT2D eigenvalue weighted by atomic mass is 14.2. The van der Waals surface area contributed by atoms with Gasteiger partial charge in [0.05, 0.1) is 0 Å². The fourth-order valence-electron chi connectivity index (χ4n) is 1.90. The molecule has 0 spiro atoms. The predicted molar refractivity (Wildman–Crippen MR) is 70.6 cm³/mol. The van der Waals surface area contributed by atoms with Crippen LogP contribution in [0.5, 0.6) is 0 Å². The molecule has 16 heavy (non-hydrogen) atoms. The molecule has 0 saturated heterocycles. The molecule has 0 heterocycles. The van der Waals surface area contributed by atoms with E-state index in [0.29, 0.717) is 5.41 Å². The maximum absolute atomic E-state index is 3.52.